The number of anilines is 1. The van der Waals surface area contributed by atoms with Crippen molar-refractivity contribution >= 4 is 22.1 Å². The highest BCUT2D eigenvalue weighted by Crippen LogP contribution is 2.25. The molecule has 0 amide bonds. The maximum atomic E-state index is 10.8. The molecule has 0 radical (unpaired) electrons. The zero-order valence-electron chi connectivity index (χ0n) is 14.4. The van der Waals surface area contributed by atoms with Crippen LogP contribution >= 0.6 is 0 Å². The van der Waals surface area contributed by atoms with Crippen LogP contribution in [-0.4, -0.2) is 29.3 Å². The zero-order valence-corrected chi connectivity index (χ0v) is 14.4. The van der Waals surface area contributed by atoms with Gasteiger partial charge in [0.15, 0.2) is 0 Å². The van der Waals surface area contributed by atoms with Gasteiger partial charge in [-0.1, -0.05) is 36.4 Å². The van der Waals surface area contributed by atoms with Crippen molar-refractivity contribution in [1.82, 2.24) is 0 Å². The molecule has 1 unspecified atom stereocenters. The van der Waals surface area contributed by atoms with Gasteiger partial charge < -0.3 is 15.2 Å². The molecule has 0 aromatic heterocycles. The molecular weight excluding hydrogens is 332 g/mol. The van der Waals surface area contributed by atoms with E-state index in [0.29, 0.717) is 5.56 Å². The summed E-state index contributed by atoms with van der Waals surface area (Å²) in [7, 11) is 0. The van der Waals surface area contributed by atoms with Gasteiger partial charge in [-0.2, -0.15) is 0 Å². The smallest absolute Gasteiger partial charge is 0.272 e. The molecule has 0 saturated carbocycles. The normalized spacial score (nSPS) is 11.9. The number of hydrogen-bond donors (Lipinski definition) is 2. The average Bonchev–Trinajstić information content (AvgIpc) is 2.64. The second-order valence-corrected chi connectivity index (χ2v) is 6.08. The molecule has 6 heteroatoms. The van der Waals surface area contributed by atoms with Crippen molar-refractivity contribution < 1.29 is 14.8 Å². The largest absolute Gasteiger partial charge is 0.490 e. The third kappa shape index (κ3) is 4.10. The van der Waals surface area contributed by atoms with Crippen molar-refractivity contribution in [2.24, 2.45) is 0 Å². The number of ether oxygens (including phenoxy) is 1. The quantitative estimate of drug-likeness (QED) is 0.497. The van der Waals surface area contributed by atoms with Gasteiger partial charge in [-0.05, 0) is 30.5 Å². The molecule has 0 fully saturated rings. The molecule has 0 bridgehead atoms. The molecule has 3 aromatic rings. The summed E-state index contributed by atoms with van der Waals surface area (Å²) in [5.41, 5.74) is 1.37. The topological polar surface area (TPSA) is 84.6 Å². The minimum absolute atomic E-state index is 0.0791. The lowest BCUT2D eigenvalue weighted by molar-refractivity contribution is -0.385. The molecule has 26 heavy (non-hydrogen) atoms. The van der Waals surface area contributed by atoms with Crippen molar-refractivity contribution in [2.75, 3.05) is 18.5 Å². The van der Waals surface area contributed by atoms with Crippen LogP contribution in [-0.2, 0) is 0 Å². The number of aliphatic hydroxyl groups is 1. The summed E-state index contributed by atoms with van der Waals surface area (Å²) < 4.78 is 5.76. The summed E-state index contributed by atoms with van der Waals surface area (Å²) in [6.45, 7) is 2.11. The Balaban J connectivity index is 1.57. The molecule has 3 rings (SSSR count). The van der Waals surface area contributed by atoms with E-state index in [1.54, 1.807) is 19.1 Å². The molecule has 0 aliphatic carbocycles. The van der Waals surface area contributed by atoms with Crippen molar-refractivity contribution in [2.45, 2.75) is 13.0 Å². The maximum Gasteiger partial charge on any atom is 0.272 e. The zero-order chi connectivity index (χ0) is 18.5. The molecule has 0 saturated heterocycles. The van der Waals surface area contributed by atoms with Gasteiger partial charge in [0.1, 0.15) is 18.5 Å². The van der Waals surface area contributed by atoms with Crippen LogP contribution in [0.25, 0.3) is 10.8 Å². The van der Waals surface area contributed by atoms with E-state index in [0.717, 1.165) is 22.2 Å². The van der Waals surface area contributed by atoms with Crippen LogP contribution in [0.4, 0.5) is 11.4 Å². The third-order valence-corrected chi connectivity index (χ3v) is 4.12. The van der Waals surface area contributed by atoms with Gasteiger partial charge >= 0.3 is 0 Å². The lowest BCUT2D eigenvalue weighted by Crippen LogP contribution is -2.26. The van der Waals surface area contributed by atoms with Gasteiger partial charge in [0, 0.05) is 29.2 Å². The van der Waals surface area contributed by atoms with Crippen LogP contribution in [0, 0.1) is 17.0 Å². The first kappa shape index (κ1) is 17.7. The van der Waals surface area contributed by atoms with Crippen LogP contribution < -0.4 is 10.1 Å². The van der Waals surface area contributed by atoms with Crippen molar-refractivity contribution in [3.05, 3.63) is 76.3 Å². The van der Waals surface area contributed by atoms with E-state index in [-0.39, 0.29) is 18.8 Å². The number of nitro groups is 1. The Morgan fingerprint density at radius 1 is 1.15 bits per heavy atom. The number of aryl methyl sites for hydroxylation is 1. The number of nitrogens with one attached hydrogen (secondary N) is 1. The lowest BCUT2D eigenvalue weighted by atomic mass is 10.1. The van der Waals surface area contributed by atoms with Gasteiger partial charge in [0.05, 0.1) is 4.92 Å². The van der Waals surface area contributed by atoms with Gasteiger partial charge in [-0.3, -0.25) is 10.1 Å². The monoisotopic (exact) mass is 352 g/mol. The van der Waals surface area contributed by atoms with Crippen LogP contribution in [0.2, 0.25) is 0 Å². The van der Waals surface area contributed by atoms with E-state index in [4.69, 9.17) is 4.74 Å². The minimum atomic E-state index is -0.718. The number of fused-ring (bicyclic) bond motifs is 1. The number of aliphatic hydroxyl groups excluding tert-OH is 1. The Hall–Kier alpha value is -3.12. The first-order valence-corrected chi connectivity index (χ1v) is 8.32. The van der Waals surface area contributed by atoms with Crippen molar-refractivity contribution in [3.8, 4) is 5.75 Å². The second-order valence-electron chi connectivity index (χ2n) is 6.08. The first-order chi connectivity index (χ1) is 12.5. The van der Waals surface area contributed by atoms with E-state index in [2.05, 4.69) is 5.32 Å². The second kappa shape index (κ2) is 7.84. The lowest BCUT2D eigenvalue weighted by Gasteiger charge is -2.15. The Morgan fingerprint density at radius 2 is 1.92 bits per heavy atom. The van der Waals surface area contributed by atoms with Crippen molar-refractivity contribution in [3.63, 3.8) is 0 Å². The fourth-order valence-corrected chi connectivity index (χ4v) is 2.77. The predicted octanol–water partition coefficient (Wildman–Crippen LogP) is 3.91. The fraction of sp³-hybridized carbons (Fsp3) is 0.200. The molecule has 6 nitrogen and oxygen atoms in total. The third-order valence-electron chi connectivity index (χ3n) is 4.12. The molecular formula is C20H20N2O4. The summed E-state index contributed by atoms with van der Waals surface area (Å²) in [6.07, 6.45) is -0.718. The molecule has 0 heterocycles. The SMILES string of the molecule is Cc1cc(NCC(O)COc2cccc3ccccc23)ccc1[N+](=O)[O-]. The van der Waals surface area contributed by atoms with Gasteiger partial charge in [-0.25, -0.2) is 0 Å². The number of nitro benzene ring substituents is 1. The molecule has 0 aliphatic rings. The van der Waals surface area contributed by atoms with E-state index in [9.17, 15) is 15.2 Å². The van der Waals surface area contributed by atoms with Gasteiger partial charge in [0.2, 0.25) is 0 Å². The van der Waals surface area contributed by atoms with Crippen LogP contribution in [0.1, 0.15) is 5.56 Å². The molecule has 0 spiro atoms. The minimum Gasteiger partial charge on any atom is -0.490 e. The molecule has 134 valence electrons. The van der Waals surface area contributed by atoms with Crippen molar-refractivity contribution in [1.29, 1.82) is 0 Å². The maximum absolute atomic E-state index is 10.8. The highest BCUT2D eigenvalue weighted by molar-refractivity contribution is 5.88. The van der Waals surface area contributed by atoms with E-state index in [1.165, 1.54) is 6.07 Å². The standard InChI is InChI=1S/C20H20N2O4/c1-14-11-16(9-10-19(14)22(24)25)21-12-17(23)13-26-20-8-4-6-15-5-2-3-7-18(15)20/h2-11,17,21,23H,12-13H2,1H3. The number of nitrogens with zero attached hydrogens (tertiary/aromatic N) is 1. The summed E-state index contributed by atoms with van der Waals surface area (Å²) in [6, 6.07) is 18.5. The summed E-state index contributed by atoms with van der Waals surface area (Å²) in [5, 5.41) is 26.2. The van der Waals surface area contributed by atoms with Crippen LogP contribution in [0.5, 0.6) is 5.75 Å². The van der Waals surface area contributed by atoms with Crippen LogP contribution in [0.15, 0.2) is 60.7 Å². The average molecular weight is 352 g/mol. The van der Waals surface area contributed by atoms with Gasteiger partial charge in [-0.15, -0.1) is 0 Å². The number of rotatable bonds is 7. The predicted molar refractivity (Wildman–Crippen MR) is 102 cm³/mol. The van der Waals surface area contributed by atoms with Crippen LogP contribution in [0.3, 0.4) is 0 Å². The molecule has 2 N–H and O–H groups in total. The Kier molecular flexibility index (Phi) is 5.34. The summed E-state index contributed by atoms with van der Waals surface area (Å²) in [4.78, 5) is 10.4. The van der Waals surface area contributed by atoms with E-state index >= 15 is 0 Å². The highest BCUT2D eigenvalue weighted by atomic mass is 16.6. The summed E-state index contributed by atoms with van der Waals surface area (Å²) in [5.74, 6) is 0.730. The molecule has 1 atom stereocenters. The van der Waals surface area contributed by atoms with Gasteiger partial charge in [0.25, 0.3) is 5.69 Å². The van der Waals surface area contributed by atoms with E-state index < -0.39 is 11.0 Å². The number of hydrogen-bond acceptors (Lipinski definition) is 5. The molecule has 3 aromatic carbocycles. The number of benzene rings is 3. The Morgan fingerprint density at radius 3 is 2.69 bits per heavy atom. The summed E-state index contributed by atoms with van der Waals surface area (Å²) >= 11 is 0. The first-order valence-electron chi connectivity index (χ1n) is 8.32. The molecule has 0 aliphatic heterocycles. The Labute approximate surface area is 151 Å². The van der Waals surface area contributed by atoms with E-state index in [1.807, 2.05) is 42.5 Å². The highest BCUT2D eigenvalue weighted by Gasteiger charge is 2.11. The fourth-order valence-electron chi connectivity index (χ4n) is 2.77. The Bertz CT molecular complexity index is 921.